The molecule has 0 unspecified atom stereocenters. The number of hydrogen-bond donors (Lipinski definition) is 0. The molecule has 19 heavy (non-hydrogen) atoms. The molecule has 0 saturated heterocycles. The highest BCUT2D eigenvalue weighted by atomic mass is 16.5. The van der Waals surface area contributed by atoms with Crippen molar-refractivity contribution in [3.05, 3.63) is 59.7 Å². The number of methoxy groups -OCH3 is 1. The summed E-state index contributed by atoms with van der Waals surface area (Å²) in [5.74, 6) is 1.85. The van der Waals surface area contributed by atoms with Gasteiger partial charge in [0.05, 0.1) is 13.7 Å². The lowest BCUT2D eigenvalue weighted by Crippen LogP contribution is -1.94. The second kappa shape index (κ2) is 6.83. The number of ether oxygens (including phenoxy) is 2. The highest BCUT2D eigenvalue weighted by Crippen LogP contribution is 2.16. The maximum Gasteiger partial charge on any atom is 0.119 e. The molecular formula is C17H20O2. The van der Waals surface area contributed by atoms with Gasteiger partial charge < -0.3 is 9.47 Å². The molecule has 0 bridgehead atoms. The molecule has 2 aromatic rings. The molecule has 2 nitrogen and oxygen atoms in total. The summed E-state index contributed by atoms with van der Waals surface area (Å²) in [5, 5.41) is 0. The SMILES string of the molecule is CCOc1ccc(CCc2ccc(OC)cc2)cc1. The first kappa shape index (κ1) is 13.5. The Bertz CT molecular complexity index is 486. The van der Waals surface area contributed by atoms with E-state index >= 15 is 0 Å². The van der Waals surface area contributed by atoms with Crippen molar-refractivity contribution in [1.82, 2.24) is 0 Å². The first-order valence-electron chi connectivity index (χ1n) is 6.66. The van der Waals surface area contributed by atoms with Crippen molar-refractivity contribution in [3.63, 3.8) is 0 Å². The third-order valence-corrected chi connectivity index (χ3v) is 3.10. The summed E-state index contributed by atoms with van der Waals surface area (Å²) in [7, 11) is 1.69. The van der Waals surface area contributed by atoms with E-state index in [-0.39, 0.29) is 0 Å². The molecule has 0 N–H and O–H groups in total. The molecule has 0 fully saturated rings. The molecule has 2 rings (SSSR count). The predicted octanol–water partition coefficient (Wildman–Crippen LogP) is 3.88. The minimum absolute atomic E-state index is 0.713. The number of rotatable bonds is 6. The molecule has 0 aliphatic rings. The molecule has 100 valence electrons. The second-order valence-electron chi connectivity index (χ2n) is 4.43. The monoisotopic (exact) mass is 256 g/mol. The molecule has 0 atom stereocenters. The zero-order valence-electron chi connectivity index (χ0n) is 11.6. The summed E-state index contributed by atoms with van der Waals surface area (Å²) in [4.78, 5) is 0. The van der Waals surface area contributed by atoms with Crippen molar-refractivity contribution in [2.45, 2.75) is 19.8 Å². The van der Waals surface area contributed by atoms with Gasteiger partial charge >= 0.3 is 0 Å². The zero-order chi connectivity index (χ0) is 13.5. The van der Waals surface area contributed by atoms with Crippen LogP contribution in [0.3, 0.4) is 0 Å². The van der Waals surface area contributed by atoms with Gasteiger partial charge in [-0.05, 0) is 55.2 Å². The van der Waals surface area contributed by atoms with Crippen LogP contribution in [0.1, 0.15) is 18.1 Å². The normalized spacial score (nSPS) is 10.2. The van der Waals surface area contributed by atoms with Crippen molar-refractivity contribution < 1.29 is 9.47 Å². The van der Waals surface area contributed by atoms with Crippen molar-refractivity contribution in [1.29, 1.82) is 0 Å². The highest BCUT2D eigenvalue weighted by molar-refractivity contribution is 5.30. The summed E-state index contributed by atoms with van der Waals surface area (Å²) < 4.78 is 10.6. The molecule has 0 aliphatic heterocycles. The molecule has 0 aromatic heterocycles. The average Bonchev–Trinajstić information content (AvgIpc) is 2.47. The Balaban J connectivity index is 1.90. The fraction of sp³-hybridized carbons (Fsp3) is 0.294. The minimum atomic E-state index is 0.713. The fourth-order valence-electron chi connectivity index (χ4n) is 2.00. The number of benzene rings is 2. The van der Waals surface area contributed by atoms with E-state index in [1.165, 1.54) is 11.1 Å². The summed E-state index contributed by atoms with van der Waals surface area (Å²) in [6, 6.07) is 16.6. The van der Waals surface area contributed by atoms with E-state index in [0.29, 0.717) is 6.61 Å². The second-order valence-corrected chi connectivity index (χ2v) is 4.43. The van der Waals surface area contributed by atoms with E-state index in [9.17, 15) is 0 Å². The summed E-state index contributed by atoms with van der Waals surface area (Å²) >= 11 is 0. The Morgan fingerprint density at radius 1 is 0.737 bits per heavy atom. The maximum absolute atomic E-state index is 5.44. The van der Waals surface area contributed by atoms with Gasteiger partial charge in [0.2, 0.25) is 0 Å². The first-order chi connectivity index (χ1) is 9.31. The molecule has 0 heterocycles. The fourth-order valence-corrected chi connectivity index (χ4v) is 2.00. The third kappa shape index (κ3) is 4.02. The van der Waals surface area contributed by atoms with Gasteiger partial charge in [0.25, 0.3) is 0 Å². The quantitative estimate of drug-likeness (QED) is 0.781. The van der Waals surface area contributed by atoms with Crippen LogP contribution < -0.4 is 9.47 Å². The number of aryl methyl sites for hydroxylation is 2. The van der Waals surface area contributed by atoms with Crippen LogP contribution in [-0.4, -0.2) is 13.7 Å². The van der Waals surface area contributed by atoms with Gasteiger partial charge in [0.1, 0.15) is 11.5 Å². The van der Waals surface area contributed by atoms with Gasteiger partial charge in [-0.2, -0.15) is 0 Å². The lowest BCUT2D eigenvalue weighted by Gasteiger charge is -2.06. The largest absolute Gasteiger partial charge is 0.497 e. The molecule has 0 aliphatic carbocycles. The summed E-state index contributed by atoms with van der Waals surface area (Å²) in [6.45, 7) is 2.71. The maximum atomic E-state index is 5.44. The summed E-state index contributed by atoms with van der Waals surface area (Å²) in [5.41, 5.74) is 2.66. The van der Waals surface area contributed by atoms with Crippen LogP contribution in [0.15, 0.2) is 48.5 Å². The van der Waals surface area contributed by atoms with Crippen molar-refractivity contribution in [2.75, 3.05) is 13.7 Å². The van der Waals surface area contributed by atoms with E-state index in [1.807, 2.05) is 31.2 Å². The topological polar surface area (TPSA) is 18.5 Å². The van der Waals surface area contributed by atoms with Crippen molar-refractivity contribution >= 4 is 0 Å². The van der Waals surface area contributed by atoms with Gasteiger partial charge in [0, 0.05) is 0 Å². The van der Waals surface area contributed by atoms with Gasteiger partial charge in [0.15, 0.2) is 0 Å². The Hall–Kier alpha value is -1.96. The van der Waals surface area contributed by atoms with E-state index < -0.39 is 0 Å². The van der Waals surface area contributed by atoms with Gasteiger partial charge in [-0.25, -0.2) is 0 Å². The van der Waals surface area contributed by atoms with E-state index in [1.54, 1.807) is 7.11 Å². The molecule has 0 saturated carbocycles. The minimum Gasteiger partial charge on any atom is -0.497 e. The molecule has 2 heteroatoms. The van der Waals surface area contributed by atoms with Crippen LogP contribution in [-0.2, 0) is 12.8 Å². The molecule has 0 amide bonds. The smallest absolute Gasteiger partial charge is 0.119 e. The standard InChI is InChI=1S/C17H20O2/c1-3-19-17-12-8-15(9-13-17)5-4-14-6-10-16(18-2)11-7-14/h6-13H,3-5H2,1-2H3. The Labute approximate surface area is 115 Å². The lowest BCUT2D eigenvalue weighted by molar-refractivity contribution is 0.340. The van der Waals surface area contributed by atoms with Crippen LogP contribution in [0.4, 0.5) is 0 Å². The predicted molar refractivity (Wildman–Crippen MR) is 78.0 cm³/mol. The molecule has 0 spiro atoms. The first-order valence-corrected chi connectivity index (χ1v) is 6.66. The molecule has 2 aromatic carbocycles. The van der Waals surface area contributed by atoms with Crippen LogP contribution in [0, 0.1) is 0 Å². The van der Waals surface area contributed by atoms with E-state index in [2.05, 4.69) is 24.3 Å². The lowest BCUT2D eigenvalue weighted by atomic mass is 10.0. The molecule has 0 radical (unpaired) electrons. The number of hydrogen-bond acceptors (Lipinski definition) is 2. The van der Waals surface area contributed by atoms with Crippen LogP contribution >= 0.6 is 0 Å². The average molecular weight is 256 g/mol. The highest BCUT2D eigenvalue weighted by Gasteiger charge is 1.98. The zero-order valence-corrected chi connectivity index (χ0v) is 11.6. The van der Waals surface area contributed by atoms with Crippen LogP contribution in [0.2, 0.25) is 0 Å². The van der Waals surface area contributed by atoms with Crippen molar-refractivity contribution in [2.24, 2.45) is 0 Å². The van der Waals surface area contributed by atoms with E-state index in [4.69, 9.17) is 9.47 Å². The molecular weight excluding hydrogens is 236 g/mol. The van der Waals surface area contributed by atoms with E-state index in [0.717, 1.165) is 24.3 Å². The van der Waals surface area contributed by atoms with Gasteiger partial charge in [-0.1, -0.05) is 24.3 Å². The van der Waals surface area contributed by atoms with Gasteiger partial charge in [-0.3, -0.25) is 0 Å². The Kier molecular flexibility index (Phi) is 4.85. The summed E-state index contributed by atoms with van der Waals surface area (Å²) in [6.07, 6.45) is 2.08. The third-order valence-electron chi connectivity index (χ3n) is 3.10. The van der Waals surface area contributed by atoms with Gasteiger partial charge in [-0.15, -0.1) is 0 Å². The Morgan fingerprint density at radius 3 is 1.63 bits per heavy atom. The van der Waals surface area contributed by atoms with Crippen LogP contribution in [0.5, 0.6) is 11.5 Å². The Morgan fingerprint density at radius 2 is 1.21 bits per heavy atom. The van der Waals surface area contributed by atoms with Crippen molar-refractivity contribution in [3.8, 4) is 11.5 Å². The van der Waals surface area contributed by atoms with Crippen LogP contribution in [0.25, 0.3) is 0 Å².